The van der Waals surface area contributed by atoms with Crippen LogP contribution in [0.3, 0.4) is 0 Å². The Morgan fingerprint density at radius 1 is 0.853 bits per heavy atom. The molecule has 0 saturated carbocycles. The highest BCUT2D eigenvalue weighted by molar-refractivity contribution is 6.35. The number of benzene rings is 3. The van der Waals surface area contributed by atoms with E-state index in [9.17, 15) is 4.79 Å². The Hall–Kier alpha value is -3.34. The largest absolute Gasteiger partial charge is 0.335 e. The van der Waals surface area contributed by atoms with Gasteiger partial charge in [0.1, 0.15) is 0 Å². The van der Waals surface area contributed by atoms with Crippen LogP contribution in [0.1, 0.15) is 21.5 Å². The summed E-state index contributed by atoms with van der Waals surface area (Å²) < 4.78 is 0. The summed E-state index contributed by atoms with van der Waals surface area (Å²) in [6, 6.07) is 27.3. The van der Waals surface area contributed by atoms with Crippen molar-refractivity contribution < 1.29 is 4.79 Å². The van der Waals surface area contributed by atoms with Gasteiger partial charge in [-0.3, -0.25) is 9.78 Å². The molecule has 1 unspecified atom stereocenters. The normalized spacial score (nSPS) is 15.7. The minimum Gasteiger partial charge on any atom is -0.335 e. The van der Waals surface area contributed by atoms with Gasteiger partial charge in [0.15, 0.2) is 0 Å². The summed E-state index contributed by atoms with van der Waals surface area (Å²) in [5, 5.41) is 1.11. The van der Waals surface area contributed by atoms with Gasteiger partial charge < -0.3 is 9.80 Å². The standard InChI is InChI=1S/C28H23Cl2N3O/c29-22-14-23(30)16-24(15-22)33-25(13-21-9-6-12-31-17-21)19-32(18-20-7-2-1-3-8-20)28(34)26-10-4-5-11-27(26)33/h1-12,14-17,25H,13,18-19H2. The number of nitrogens with zero attached hydrogens (tertiary/aromatic N) is 3. The highest BCUT2D eigenvalue weighted by Gasteiger charge is 2.34. The molecular formula is C28H23Cl2N3O. The third-order valence-corrected chi connectivity index (χ3v) is 6.45. The average molecular weight is 488 g/mol. The van der Waals surface area contributed by atoms with Crippen LogP contribution >= 0.6 is 23.2 Å². The second-order valence-electron chi connectivity index (χ2n) is 8.41. The van der Waals surface area contributed by atoms with E-state index >= 15 is 0 Å². The van der Waals surface area contributed by atoms with Crippen LogP contribution in [-0.4, -0.2) is 28.4 Å². The molecule has 0 radical (unpaired) electrons. The van der Waals surface area contributed by atoms with Crippen molar-refractivity contribution >= 4 is 40.5 Å². The van der Waals surface area contributed by atoms with Gasteiger partial charge in [0, 0.05) is 41.2 Å². The first-order valence-corrected chi connectivity index (χ1v) is 11.9. The zero-order chi connectivity index (χ0) is 23.5. The number of pyridine rings is 1. The van der Waals surface area contributed by atoms with Crippen molar-refractivity contribution in [2.45, 2.75) is 19.0 Å². The molecule has 1 atom stereocenters. The number of para-hydroxylation sites is 1. The second-order valence-corrected chi connectivity index (χ2v) is 9.28. The second kappa shape index (κ2) is 9.88. The van der Waals surface area contributed by atoms with Gasteiger partial charge in [-0.15, -0.1) is 0 Å². The number of rotatable bonds is 5. The molecular weight excluding hydrogens is 465 g/mol. The topological polar surface area (TPSA) is 36.4 Å². The SMILES string of the molecule is O=C1c2ccccc2N(c2cc(Cl)cc(Cl)c2)C(Cc2cccnc2)CN1Cc1ccccc1. The summed E-state index contributed by atoms with van der Waals surface area (Å²) in [4.78, 5) is 22.2. The number of aromatic nitrogens is 1. The molecule has 0 aliphatic carbocycles. The van der Waals surface area contributed by atoms with E-state index in [4.69, 9.17) is 23.2 Å². The molecule has 4 nitrogen and oxygen atoms in total. The van der Waals surface area contributed by atoms with Crippen LogP contribution in [0.25, 0.3) is 0 Å². The van der Waals surface area contributed by atoms with Gasteiger partial charge >= 0.3 is 0 Å². The van der Waals surface area contributed by atoms with Crippen molar-refractivity contribution in [3.8, 4) is 0 Å². The number of hydrogen-bond donors (Lipinski definition) is 0. The summed E-state index contributed by atoms with van der Waals surface area (Å²) in [7, 11) is 0. The Labute approximate surface area is 209 Å². The van der Waals surface area contributed by atoms with E-state index in [-0.39, 0.29) is 11.9 Å². The highest BCUT2D eigenvalue weighted by Crippen LogP contribution is 2.38. The number of amides is 1. The van der Waals surface area contributed by atoms with Crippen LogP contribution < -0.4 is 4.90 Å². The number of hydrogen-bond acceptors (Lipinski definition) is 3. The molecule has 170 valence electrons. The van der Waals surface area contributed by atoms with Crippen molar-refractivity contribution in [2.24, 2.45) is 0 Å². The molecule has 4 aromatic rings. The zero-order valence-electron chi connectivity index (χ0n) is 18.4. The molecule has 3 aromatic carbocycles. The monoisotopic (exact) mass is 487 g/mol. The van der Waals surface area contributed by atoms with E-state index in [1.165, 1.54) is 0 Å². The minimum atomic E-state index is -0.0601. The van der Waals surface area contributed by atoms with Crippen LogP contribution in [0.2, 0.25) is 10.0 Å². The molecule has 34 heavy (non-hydrogen) atoms. The van der Waals surface area contributed by atoms with Crippen LogP contribution in [-0.2, 0) is 13.0 Å². The number of fused-ring (bicyclic) bond motifs is 1. The summed E-state index contributed by atoms with van der Waals surface area (Å²) >= 11 is 12.8. The van der Waals surface area contributed by atoms with Gasteiger partial charge in [-0.1, -0.05) is 71.7 Å². The first-order chi connectivity index (χ1) is 16.6. The van der Waals surface area contributed by atoms with Crippen molar-refractivity contribution in [3.63, 3.8) is 0 Å². The molecule has 2 heterocycles. The summed E-state index contributed by atoms with van der Waals surface area (Å²) in [6.45, 7) is 1.06. The molecule has 0 saturated heterocycles. The predicted molar refractivity (Wildman–Crippen MR) is 138 cm³/mol. The molecule has 1 aromatic heterocycles. The molecule has 1 aliphatic rings. The first kappa shape index (κ1) is 22.5. The fraction of sp³-hybridized carbons (Fsp3) is 0.143. The van der Waals surface area contributed by atoms with Crippen molar-refractivity contribution in [1.82, 2.24) is 9.88 Å². The quantitative estimate of drug-likeness (QED) is 0.310. The number of anilines is 2. The van der Waals surface area contributed by atoms with Crippen LogP contribution in [0.4, 0.5) is 11.4 Å². The summed E-state index contributed by atoms with van der Waals surface area (Å²) in [5.74, 6) is 0.00580. The van der Waals surface area contributed by atoms with Gasteiger partial charge in [0.25, 0.3) is 5.91 Å². The zero-order valence-corrected chi connectivity index (χ0v) is 20.0. The Morgan fingerprint density at radius 2 is 1.56 bits per heavy atom. The molecule has 0 spiro atoms. The van der Waals surface area contributed by atoms with Crippen LogP contribution in [0.5, 0.6) is 0 Å². The lowest BCUT2D eigenvalue weighted by atomic mass is 10.0. The van der Waals surface area contributed by atoms with Crippen molar-refractivity contribution in [3.05, 3.63) is 124 Å². The first-order valence-electron chi connectivity index (χ1n) is 11.1. The Balaban J connectivity index is 1.64. The summed E-state index contributed by atoms with van der Waals surface area (Å²) in [5.41, 5.74) is 4.54. The van der Waals surface area contributed by atoms with Gasteiger partial charge in [-0.2, -0.15) is 0 Å². The van der Waals surface area contributed by atoms with E-state index in [0.717, 1.165) is 22.5 Å². The lowest BCUT2D eigenvalue weighted by molar-refractivity contribution is 0.0741. The molecule has 0 fully saturated rings. The Morgan fingerprint density at radius 3 is 2.29 bits per heavy atom. The van der Waals surface area contributed by atoms with E-state index in [2.05, 4.69) is 28.1 Å². The van der Waals surface area contributed by atoms with Gasteiger partial charge in [0.2, 0.25) is 0 Å². The fourth-order valence-corrected chi connectivity index (χ4v) is 5.08. The third kappa shape index (κ3) is 4.79. The number of carbonyl (C=O) groups excluding carboxylic acids is 1. The van der Waals surface area contributed by atoms with Crippen LogP contribution in [0, 0.1) is 0 Å². The maximum Gasteiger partial charge on any atom is 0.256 e. The molecule has 6 heteroatoms. The lowest BCUT2D eigenvalue weighted by Crippen LogP contribution is -2.42. The number of carbonyl (C=O) groups is 1. The molecule has 5 rings (SSSR count). The molecule has 0 N–H and O–H groups in total. The van der Waals surface area contributed by atoms with E-state index in [0.29, 0.717) is 35.1 Å². The van der Waals surface area contributed by atoms with Crippen molar-refractivity contribution in [2.75, 3.05) is 11.4 Å². The molecule has 1 aliphatic heterocycles. The van der Waals surface area contributed by atoms with Gasteiger partial charge in [-0.25, -0.2) is 0 Å². The lowest BCUT2D eigenvalue weighted by Gasteiger charge is -2.34. The third-order valence-electron chi connectivity index (χ3n) is 6.01. The van der Waals surface area contributed by atoms with Crippen molar-refractivity contribution in [1.29, 1.82) is 0 Å². The predicted octanol–water partition coefficient (Wildman–Crippen LogP) is 6.79. The molecule has 1 amide bonds. The van der Waals surface area contributed by atoms with E-state index in [1.807, 2.05) is 71.8 Å². The average Bonchev–Trinajstić information content (AvgIpc) is 2.95. The summed E-state index contributed by atoms with van der Waals surface area (Å²) in [6.07, 6.45) is 4.35. The fourth-order valence-electron chi connectivity index (χ4n) is 4.57. The minimum absolute atomic E-state index is 0.00580. The highest BCUT2D eigenvalue weighted by atomic mass is 35.5. The maximum atomic E-state index is 13.8. The maximum absolute atomic E-state index is 13.8. The van der Waals surface area contributed by atoms with Gasteiger partial charge in [0.05, 0.1) is 17.3 Å². The number of halogens is 2. The van der Waals surface area contributed by atoms with E-state index in [1.54, 1.807) is 12.3 Å². The van der Waals surface area contributed by atoms with Crippen LogP contribution in [0.15, 0.2) is 97.3 Å². The van der Waals surface area contributed by atoms with E-state index < -0.39 is 0 Å². The Kier molecular flexibility index (Phi) is 6.52. The smallest absolute Gasteiger partial charge is 0.256 e. The van der Waals surface area contributed by atoms with Gasteiger partial charge in [-0.05, 0) is 53.9 Å². The molecule has 0 bridgehead atoms. The Bertz CT molecular complexity index is 1280.